The second-order valence-electron chi connectivity index (χ2n) is 6.65. The Balaban J connectivity index is 1.38. The summed E-state index contributed by atoms with van der Waals surface area (Å²) in [6.45, 7) is 0.566. The van der Waals surface area contributed by atoms with Gasteiger partial charge in [0.05, 0.1) is 5.69 Å². The molecule has 0 aliphatic heterocycles. The van der Waals surface area contributed by atoms with Crippen molar-refractivity contribution in [1.29, 1.82) is 0 Å². The lowest BCUT2D eigenvalue weighted by Gasteiger charge is -2.21. The number of halogens is 2. The van der Waals surface area contributed by atoms with Crippen LogP contribution in [0.15, 0.2) is 42.6 Å². The number of nitrogens with one attached hydrogen (secondary N) is 1. The fraction of sp³-hybridized carbons (Fsp3) is 0.300. The van der Waals surface area contributed by atoms with Crippen molar-refractivity contribution in [1.82, 2.24) is 14.7 Å². The van der Waals surface area contributed by atoms with Crippen molar-refractivity contribution in [3.8, 4) is 0 Å². The molecule has 1 aromatic carbocycles. The standard InChI is InChI=1S/C20H19Cl2N3O/c21-15-6-4-13(16(22)12-15)8-9-23-20(26)14-5-7-17-18(11-14)25-10-2-1-3-19(25)24-17/h1-4,6,10,12,14H,5,7-9,11H2,(H,23,26). The molecule has 1 amide bonds. The average molecular weight is 388 g/mol. The van der Waals surface area contributed by atoms with E-state index in [1.807, 2.05) is 36.5 Å². The topological polar surface area (TPSA) is 46.4 Å². The second-order valence-corrected chi connectivity index (χ2v) is 7.49. The number of benzene rings is 1. The molecule has 26 heavy (non-hydrogen) atoms. The number of nitrogens with zero attached hydrogens (tertiary/aromatic N) is 2. The van der Waals surface area contributed by atoms with E-state index in [1.165, 1.54) is 0 Å². The summed E-state index contributed by atoms with van der Waals surface area (Å²) in [5.74, 6) is 0.0925. The Hall–Kier alpha value is -2.04. The smallest absolute Gasteiger partial charge is 0.223 e. The molecule has 0 saturated carbocycles. The molecular weight excluding hydrogens is 369 g/mol. The third-order valence-electron chi connectivity index (χ3n) is 4.96. The van der Waals surface area contributed by atoms with Crippen LogP contribution in [-0.4, -0.2) is 21.8 Å². The predicted octanol–water partition coefficient (Wildman–Crippen LogP) is 4.10. The maximum atomic E-state index is 12.6. The van der Waals surface area contributed by atoms with E-state index in [1.54, 1.807) is 6.07 Å². The van der Waals surface area contributed by atoms with Crippen LogP contribution in [0.2, 0.25) is 10.0 Å². The van der Waals surface area contributed by atoms with Gasteiger partial charge in [-0.3, -0.25) is 4.79 Å². The second kappa shape index (κ2) is 7.29. The summed E-state index contributed by atoms with van der Waals surface area (Å²) in [7, 11) is 0. The number of hydrogen-bond acceptors (Lipinski definition) is 2. The minimum Gasteiger partial charge on any atom is -0.356 e. The zero-order valence-corrected chi connectivity index (χ0v) is 15.7. The van der Waals surface area contributed by atoms with E-state index in [0.29, 0.717) is 23.0 Å². The molecule has 1 aliphatic carbocycles. The number of rotatable bonds is 4. The van der Waals surface area contributed by atoms with Crippen LogP contribution >= 0.6 is 23.2 Å². The monoisotopic (exact) mass is 387 g/mol. The maximum Gasteiger partial charge on any atom is 0.223 e. The van der Waals surface area contributed by atoms with E-state index in [0.717, 1.165) is 41.9 Å². The first-order valence-electron chi connectivity index (χ1n) is 8.78. The zero-order chi connectivity index (χ0) is 18.1. The SMILES string of the molecule is O=C(NCCc1ccc(Cl)cc1Cl)C1CCc2nc3ccccn3c2C1. The number of carbonyl (C=O) groups excluding carboxylic acids is 1. The third-order valence-corrected chi connectivity index (χ3v) is 5.55. The molecule has 1 N–H and O–H groups in total. The third kappa shape index (κ3) is 3.44. The van der Waals surface area contributed by atoms with Crippen LogP contribution in [0.1, 0.15) is 23.4 Å². The van der Waals surface area contributed by atoms with E-state index in [2.05, 4.69) is 14.7 Å². The highest BCUT2D eigenvalue weighted by Crippen LogP contribution is 2.26. The molecule has 134 valence electrons. The highest BCUT2D eigenvalue weighted by Gasteiger charge is 2.27. The van der Waals surface area contributed by atoms with E-state index < -0.39 is 0 Å². The van der Waals surface area contributed by atoms with Crippen LogP contribution in [0.3, 0.4) is 0 Å². The number of carbonyl (C=O) groups is 1. The maximum absolute atomic E-state index is 12.6. The first kappa shape index (κ1) is 17.4. The van der Waals surface area contributed by atoms with E-state index in [9.17, 15) is 4.79 Å². The summed E-state index contributed by atoms with van der Waals surface area (Å²) in [5, 5.41) is 4.31. The van der Waals surface area contributed by atoms with Crippen molar-refractivity contribution in [2.75, 3.05) is 6.54 Å². The number of hydrogen-bond donors (Lipinski definition) is 1. The van der Waals surface area contributed by atoms with Crippen LogP contribution in [0.5, 0.6) is 0 Å². The van der Waals surface area contributed by atoms with Crippen molar-refractivity contribution >= 4 is 34.8 Å². The molecule has 2 heterocycles. The van der Waals surface area contributed by atoms with Crippen LogP contribution in [0.4, 0.5) is 0 Å². The Bertz CT molecular complexity index is 967. The normalized spacial score (nSPS) is 16.5. The summed E-state index contributed by atoms with van der Waals surface area (Å²) in [5.41, 5.74) is 4.22. The van der Waals surface area contributed by atoms with Gasteiger partial charge >= 0.3 is 0 Å². The average Bonchev–Trinajstić information content (AvgIpc) is 3.01. The summed E-state index contributed by atoms with van der Waals surface area (Å²) < 4.78 is 2.10. The van der Waals surface area contributed by atoms with E-state index >= 15 is 0 Å². The molecule has 4 rings (SSSR count). The van der Waals surface area contributed by atoms with Crippen molar-refractivity contribution < 1.29 is 4.79 Å². The van der Waals surface area contributed by atoms with Crippen molar-refractivity contribution in [3.05, 3.63) is 69.6 Å². The number of pyridine rings is 1. The molecule has 0 fully saturated rings. The lowest BCUT2D eigenvalue weighted by atomic mass is 9.89. The Morgan fingerprint density at radius 1 is 1.27 bits per heavy atom. The van der Waals surface area contributed by atoms with E-state index in [-0.39, 0.29) is 11.8 Å². The first-order chi connectivity index (χ1) is 12.6. The molecule has 1 unspecified atom stereocenters. The zero-order valence-electron chi connectivity index (χ0n) is 14.2. The summed E-state index contributed by atoms with van der Waals surface area (Å²) in [6, 6.07) is 11.4. The largest absolute Gasteiger partial charge is 0.356 e. The van der Waals surface area contributed by atoms with Crippen LogP contribution in [0.25, 0.3) is 5.65 Å². The van der Waals surface area contributed by atoms with Crippen molar-refractivity contribution in [2.24, 2.45) is 5.92 Å². The van der Waals surface area contributed by atoms with Crippen LogP contribution < -0.4 is 5.32 Å². The van der Waals surface area contributed by atoms with Gasteiger partial charge in [-0.1, -0.05) is 35.3 Å². The van der Waals surface area contributed by atoms with Gasteiger partial charge < -0.3 is 9.72 Å². The molecule has 0 spiro atoms. The minimum absolute atomic E-state index is 0.0108. The molecule has 3 aromatic rings. The van der Waals surface area contributed by atoms with Gasteiger partial charge in [-0.2, -0.15) is 0 Å². The number of imidazole rings is 1. The Labute approximate surface area is 162 Å². The van der Waals surface area contributed by atoms with Gasteiger partial charge in [-0.05, 0) is 49.1 Å². The molecule has 0 saturated heterocycles. The van der Waals surface area contributed by atoms with Gasteiger partial charge in [0, 0.05) is 40.8 Å². The van der Waals surface area contributed by atoms with Gasteiger partial charge in [0.2, 0.25) is 5.91 Å². The molecule has 0 bridgehead atoms. The molecule has 1 aliphatic rings. The number of amides is 1. The molecule has 4 nitrogen and oxygen atoms in total. The lowest BCUT2D eigenvalue weighted by molar-refractivity contribution is -0.125. The van der Waals surface area contributed by atoms with Gasteiger partial charge in [0.1, 0.15) is 5.65 Å². The fourth-order valence-electron chi connectivity index (χ4n) is 3.57. The molecule has 1 atom stereocenters. The summed E-state index contributed by atoms with van der Waals surface area (Å²) >= 11 is 12.1. The number of aromatic nitrogens is 2. The summed E-state index contributed by atoms with van der Waals surface area (Å²) in [6.07, 6.45) is 5.12. The Kier molecular flexibility index (Phi) is 4.88. The fourth-order valence-corrected chi connectivity index (χ4v) is 4.07. The predicted molar refractivity (Wildman–Crippen MR) is 104 cm³/mol. The van der Waals surface area contributed by atoms with Crippen LogP contribution in [0, 0.1) is 5.92 Å². The van der Waals surface area contributed by atoms with Crippen LogP contribution in [-0.2, 0) is 24.1 Å². The summed E-state index contributed by atoms with van der Waals surface area (Å²) in [4.78, 5) is 17.3. The quantitative estimate of drug-likeness (QED) is 0.732. The van der Waals surface area contributed by atoms with Gasteiger partial charge in [0.15, 0.2) is 0 Å². The molecule has 0 radical (unpaired) electrons. The lowest BCUT2D eigenvalue weighted by Crippen LogP contribution is -2.35. The molecule has 6 heteroatoms. The Morgan fingerprint density at radius 2 is 2.15 bits per heavy atom. The number of aryl methyl sites for hydroxylation is 1. The highest BCUT2D eigenvalue weighted by molar-refractivity contribution is 6.35. The molecular formula is C20H19Cl2N3O. The minimum atomic E-state index is -0.0108. The first-order valence-corrected chi connectivity index (χ1v) is 9.54. The highest BCUT2D eigenvalue weighted by atomic mass is 35.5. The van der Waals surface area contributed by atoms with Gasteiger partial charge in [-0.25, -0.2) is 4.98 Å². The van der Waals surface area contributed by atoms with Gasteiger partial charge in [-0.15, -0.1) is 0 Å². The van der Waals surface area contributed by atoms with E-state index in [4.69, 9.17) is 23.2 Å². The van der Waals surface area contributed by atoms with Crippen molar-refractivity contribution in [3.63, 3.8) is 0 Å². The van der Waals surface area contributed by atoms with Crippen molar-refractivity contribution in [2.45, 2.75) is 25.7 Å². The molecule has 2 aromatic heterocycles. The van der Waals surface area contributed by atoms with Gasteiger partial charge in [0.25, 0.3) is 0 Å². The Morgan fingerprint density at radius 3 is 3.00 bits per heavy atom. The number of fused-ring (bicyclic) bond motifs is 3.